The van der Waals surface area contributed by atoms with Crippen molar-refractivity contribution in [3.63, 3.8) is 0 Å². The molecule has 0 aliphatic rings. The molecule has 2 N–H and O–H groups in total. The van der Waals surface area contributed by atoms with E-state index in [0.717, 1.165) is 13.1 Å². The van der Waals surface area contributed by atoms with Crippen LogP contribution < -0.4 is 5.32 Å². The fraction of sp³-hybridized carbons (Fsp3) is 0.133. The SMILES string of the molecule is Cc1ccc(NC(=O)c2cc(Br)sc2Br)c(C#CCO)c1. The molecule has 1 amide bonds. The Balaban J connectivity index is 2.31. The van der Waals surface area contributed by atoms with E-state index in [0.29, 0.717) is 16.8 Å². The third-order valence-electron chi connectivity index (χ3n) is 2.63. The van der Waals surface area contributed by atoms with Crippen molar-refractivity contribution >= 4 is 54.8 Å². The van der Waals surface area contributed by atoms with Gasteiger partial charge in [-0.15, -0.1) is 11.3 Å². The molecule has 0 radical (unpaired) electrons. The van der Waals surface area contributed by atoms with Crippen molar-refractivity contribution in [1.82, 2.24) is 0 Å². The topological polar surface area (TPSA) is 49.3 Å². The Morgan fingerprint density at radius 1 is 1.38 bits per heavy atom. The number of hydrogen-bond donors (Lipinski definition) is 2. The molecule has 0 atom stereocenters. The average molecular weight is 429 g/mol. The number of nitrogens with one attached hydrogen (secondary N) is 1. The van der Waals surface area contributed by atoms with Gasteiger partial charge < -0.3 is 10.4 Å². The van der Waals surface area contributed by atoms with E-state index >= 15 is 0 Å². The van der Waals surface area contributed by atoms with Crippen LogP contribution in [0.25, 0.3) is 0 Å². The molecule has 0 saturated heterocycles. The smallest absolute Gasteiger partial charge is 0.257 e. The first-order chi connectivity index (χ1) is 10.0. The molecule has 108 valence electrons. The average Bonchev–Trinajstić information content (AvgIpc) is 2.78. The largest absolute Gasteiger partial charge is 0.384 e. The standard InChI is InChI=1S/C15H11Br2NO2S/c1-9-4-5-12(10(7-9)3-2-6-19)18-15(20)11-8-13(16)21-14(11)17/h4-5,7-8,19H,6H2,1H3,(H,18,20). The third kappa shape index (κ3) is 4.17. The van der Waals surface area contributed by atoms with Crippen LogP contribution in [0, 0.1) is 18.8 Å². The Morgan fingerprint density at radius 3 is 2.76 bits per heavy atom. The van der Waals surface area contributed by atoms with Gasteiger partial charge in [-0.25, -0.2) is 0 Å². The molecule has 0 unspecified atom stereocenters. The van der Waals surface area contributed by atoms with Crippen molar-refractivity contribution in [3.8, 4) is 11.8 Å². The van der Waals surface area contributed by atoms with E-state index in [9.17, 15) is 4.79 Å². The van der Waals surface area contributed by atoms with Gasteiger partial charge in [0.05, 0.1) is 18.8 Å². The highest BCUT2D eigenvalue weighted by molar-refractivity contribution is 9.12. The zero-order valence-corrected chi connectivity index (χ0v) is 15.0. The van der Waals surface area contributed by atoms with Crippen LogP contribution in [0.2, 0.25) is 0 Å². The first-order valence-electron chi connectivity index (χ1n) is 5.98. The second-order valence-corrected chi connectivity index (χ2v) is 7.95. The van der Waals surface area contributed by atoms with Gasteiger partial charge >= 0.3 is 0 Å². The van der Waals surface area contributed by atoms with Crippen LogP contribution in [0.1, 0.15) is 21.5 Å². The molecule has 2 rings (SSSR count). The molecule has 2 aromatic rings. The van der Waals surface area contributed by atoms with Crippen LogP contribution in [-0.2, 0) is 0 Å². The molecule has 6 heteroatoms. The molecule has 0 aliphatic heterocycles. The number of halogens is 2. The Hall–Kier alpha value is -1.13. The lowest BCUT2D eigenvalue weighted by molar-refractivity contribution is 0.102. The third-order valence-corrected chi connectivity index (χ3v) is 4.97. The molecule has 0 saturated carbocycles. The maximum atomic E-state index is 12.3. The van der Waals surface area contributed by atoms with E-state index in [1.54, 1.807) is 6.07 Å². The van der Waals surface area contributed by atoms with E-state index in [-0.39, 0.29) is 12.5 Å². The van der Waals surface area contributed by atoms with Gasteiger partial charge in [0.2, 0.25) is 0 Å². The van der Waals surface area contributed by atoms with Gasteiger partial charge in [0.25, 0.3) is 5.91 Å². The van der Waals surface area contributed by atoms with Crippen molar-refractivity contribution in [1.29, 1.82) is 0 Å². The van der Waals surface area contributed by atoms with Crippen molar-refractivity contribution in [2.75, 3.05) is 11.9 Å². The van der Waals surface area contributed by atoms with Crippen LogP contribution in [0.4, 0.5) is 5.69 Å². The summed E-state index contributed by atoms with van der Waals surface area (Å²) in [5, 5.41) is 11.7. The summed E-state index contributed by atoms with van der Waals surface area (Å²) in [6.45, 7) is 1.73. The Morgan fingerprint density at radius 2 is 2.14 bits per heavy atom. The zero-order valence-electron chi connectivity index (χ0n) is 11.0. The number of hydrogen-bond acceptors (Lipinski definition) is 3. The molecule has 1 aromatic heterocycles. The lowest BCUT2D eigenvalue weighted by Crippen LogP contribution is -2.12. The number of aliphatic hydroxyl groups excluding tert-OH is 1. The van der Waals surface area contributed by atoms with Crippen molar-refractivity contribution in [3.05, 3.63) is 48.5 Å². The summed E-state index contributed by atoms with van der Waals surface area (Å²) >= 11 is 8.16. The highest BCUT2D eigenvalue weighted by Gasteiger charge is 2.15. The Labute approximate surface area is 143 Å². The molecule has 0 spiro atoms. The summed E-state index contributed by atoms with van der Waals surface area (Å²) in [4.78, 5) is 12.3. The molecular weight excluding hydrogens is 418 g/mol. The second kappa shape index (κ2) is 7.23. The van der Waals surface area contributed by atoms with Crippen molar-refractivity contribution in [2.24, 2.45) is 0 Å². The lowest BCUT2D eigenvalue weighted by Gasteiger charge is -2.08. The summed E-state index contributed by atoms with van der Waals surface area (Å²) in [5.74, 6) is 5.24. The second-order valence-electron chi connectivity index (χ2n) is 4.20. The summed E-state index contributed by atoms with van der Waals surface area (Å²) < 4.78 is 1.64. The first-order valence-corrected chi connectivity index (χ1v) is 8.38. The molecule has 1 aromatic carbocycles. The fourth-order valence-electron chi connectivity index (χ4n) is 1.69. The van der Waals surface area contributed by atoms with Gasteiger partial charge in [0.15, 0.2) is 0 Å². The van der Waals surface area contributed by atoms with Gasteiger partial charge in [-0.05, 0) is 62.5 Å². The minimum absolute atomic E-state index is 0.209. The zero-order chi connectivity index (χ0) is 15.4. The van der Waals surface area contributed by atoms with Gasteiger partial charge in [0.1, 0.15) is 6.61 Å². The van der Waals surface area contributed by atoms with Gasteiger partial charge in [-0.3, -0.25) is 4.79 Å². The number of aliphatic hydroxyl groups is 1. The van der Waals surface area contributed by atoms with E-state index in [1.807, 2.05) is 25.1 Å². The molecule has 21 heavy (non-hydrogen) atoms. The van der Waals surface area contributed by atoms with E-state index in [4.69, 9.17) is 5.11 Å². The number of carbonyl (C=O) groups is 1. The number of carbonyl (C=O) groups excluding carboxylic acids is 1. The van der Waals surface area contributed by atoms with Crippen LogP contribution in [0.3, 0.4) is 0 Å². The number of rotatable bonds is 2. The van der Waals surface area contributed by atoms with E-state index in [2.05, 4.69) is 49.0 Å². The number of benzene rings is 1. The van der Waals surface area contributed by atoms with Crippen LogP contribution in [0.15, 0.2) is 31.8 Å². The lowest BCUT2D eigenvalue weighted by atomic mass is 10.1. The predicted molar refractivity (Wildman–Crippen MR) is 92.8 cm³/mol. The van der Waals surface area contributed by atoms with E-state index in [1.165, 1.54) is 11.3 Å². The number of thiophene rings is 1. The minimum atomic E-state index is -0.218. The summed E-state index contributed by atoms with van der Waals surface area (Å²) in [7, 11) is 0. The first kappa shape index (κ1) is 16.2. The summed E-state index contributed by atoms with van der Waals surface area (Å²) in [5.41, 5.74) is 2.91. The van der Waals surface area contributed by atoms with Gasteiger partial charge in [-0.1, -0.05) is 17.9 Å². The van der Waals surface area contributed by atoms with Crippen molar-refractivity contribution < 1.29 is 9.90 Å². The molecule has 0 fully saturated rings. The Kier molecular flexibility index (Phi) is 5.59. The molecule has 0 bridgehead atoms. The summed E-state index contributed by atoms with van der Waals surface area (Å²) in [6, 6.07) is 7.34. The minimum Gasteiger partial charge on any atom is -0.384 e. The summed E-state index contributed by atoms with van der Waals surface area (Å²) in [6.07, 6.45) is 0. The molecule has 1 heterocycles. The van der Waals surface area contributed by atoms with Crippen LogP contribution in [0.5, 0.6) is 0 Å². The number of amides is 1. The number of aryl methyl sites for hydroxylation is 1. The normalized spacial score (nSPS) is 9.90. The predicted octanol–water partition coefficient (Wildman–Crippen LogP) is 4.18. The monoisotopic (exact) mass is 427 g/mol. The quantitative estimate of drug-likeness (QED) is 0.705. The van der Waals surface area contributed by atoms with Crippen LogP contribution in [-0.4, -0.2) is 17.6 Å². The maximum Gasteiger partial charge on any atom is 0.257 e. The highest BCUT2D eigenvalue weighted by Crippen LogP contribution is 2.32. The molecule has 3 nitrogen and oxygen atoms in total. The van der Waals surface area contributed by atoms with Crippen LogP contribution >= 0.6 is 43.2 Å². The maximum absolute atomic E-state index is 12.3. The molecular formula is C15H11Br2NO2S. The van der Waals surface area contributed by atoms with E-state index < -0.39 is 0 Å². The fourth-order valence-corrected chi connectivity index (χ4v) is 4.48. The van der Waals surface area contributed by atoms with Gasteiger partial charge in [-0.2, -0.15) is 0 Å². The number of anilines is 1. The Bertz CT molecular complexity index is 744. The van der Waals surface area contributed by atoms with Gasteiger partial charge in [0, 0.05) is 5.56 Å². The highest BCUT2D eigenvalue weighted by atomic mass is 79.9. The van der Waals surface area contributed by atoms with Crippen molar-refractivity contribution in [2.45, 2.75) is 6.92 Å². The molecule has 0 aliphatic carbocycles.